The van der Waals surface area contributed by atoms with Gasteiger partial charge < -0.3 is 53.4 Å². The van der Waals surface area contributed by atoms with Crippen molar-refractivity contribution in [2.75, 3.05) is 30.9 Å². The van der Waals surface area contributed by atoms with Crippen LogP contribution in [0, 0.1) is 55.4 Å². The van der Waals surface area contributed by atoms with Crippen molar-refractivity contribution in [1.82, 2.24) is 20.6 Å². The first-order valence-electron chi connectivity index (χ1n) is 40.7. The summed E-state index contributed by atoms with van der Waals surface area (Å²) in [4.78, 5) is 37.4. The number of anilines is 1. The van der Waals surface area contributed by atoms with Crippen molar-refractivity contribution in [3.05, 3.63) is 230 Å². The van der Waals surface area contributed by atoms with Gasteiger partial charge in [0.1, 0.15) is 22.6 Å². The molecule has 26 heteroatoms. The molecule has 16 aromatic rings. The van der Waals surface area contributed by atoms with E-state index in [9.17, 15) is 19.5 Å². The van der Waals surface area contributed by atoms with Gasteiger partial charge in [-0.15, -0.1) is 45.3 Å². The zero-order valence-corrected chi connectivity index (χ0v) is 77.8. The third-order valence-corrected chi connectivity index (χ3v) is 26.5. The highest BCUT2D eigenvalue weighted by Gasteiger charge is 2.24. The van der Waals surface area contributed by atoms with Gasteiger partial charge in [0.05, 0.1) is 29.4 Å². The number of rotatable bonds is 24. The number of hydrogen-bond acceptors (Lipinski definition) is 22. The summed E-state index contributed by atoms with van der Waals surface area (Å²) in [7, 11) is -1.42. The van der Waals surface area contributed by atoms with Crippen molar-refractivity contribution in [2.45, 2.75) is 193 Å². The fraction of sp³-hybridized carbons (Fsp3) is 0.344. The number of esters is 1. The number of aromatic nitrogens is 4. The van der Waals surface area contributed by atoms with Crippen LogP contribution in [0.25, 0.3) is 84.2 Å². The lowest BCUT2D eigenvalue weighted by Gasteiger charge is -2.08. The van der Waals surface area contributed by atoms with Gasteiger partial charge in [-0.05, 0) is 274 Å². The lowest BCUT2D eigenvalue weighted by molar-refractivity contribution is -0.140. The van der Waals surface area contributed by atoms with Gasteiger partial charge in [-0.1, -0.05) is 140 Å². The van der Waals surface area contributed by atoms with Gasteiger partial charge in [-0.25, -0.2) is 9.59 Å². The van der Waals surface area contributed by atoms with Crippen LogP contribution in [0.4, 0.5) is 5.69 Å². The van der Waals surface area contributed by atoms with Crippen LogP contribution >= 0.6 is 61.3 Å². The van der Waals surface area contributed by atoms with E-state index in [2.05, 4.69) is 203 Å². The van der Waals surface area contributed by atoms with Gasteiger partial charge in [0, 0.05) is 89.8 Å². The van der Waals surface area contributed by atoms with Crippen molar-refractivity contribution >= 4 is 178 Å². The molecule has 0 amide bonds. The SMILES string of the molecule is CCOC(=O)CBr.Cc1ccc2c(C(C)C)c(CCc3noc4cc(N)c(C)cc34)sc2c1.Cc1ccc2c(C(C)C)c(CCc3noc4cc(O)c(C)cc34)sc2c1.Cc1ccc2c(C(C)C)c(CCc3noc4cc(OCC(=O)O)c(C)cc34)sc2c1.Cc1ccc2c(C(C)C)c(CCc3noc4cc(OCC(=O)O)c(C)cc34)sc2c1.O=[Si]=O. The number of hydrogen-bond donors (Lipinski definition) is 4. The molecule has 20 nitrogen and oxygen atoms in total. The smallest absolute Gasteiger partial charge is 0.508 e. The molecular weight excluding hydrogens is 1700 g/mol. The lowest BCUT2D eigenvalue weighted by Crippen LogP contribution is -2.10. The zero-order valence-electron chi connectivity index (χ0n) is 72.0. The average Bonchev–Trinajstić information content (AvgIpc) is 1.64. The van der Waals surface area contributed by atoms with E-state index in [-0.39, 0.29) is 24.9 Å². The van der Waals surface area contributed by atoms with Crippen LogP contribution in [0.15, 0.2) is 139 Å². The van der Waals surface area contributed by atoms with Crippen LogP contribution in [-0.2, 0) is 79.4 Å². The quantitative estimate of drug-likeness (QED) is 0.0189. The van der Waals surface area contributed by atoms with Crippen molar-refractivity contribution in [3.8, 4) is 17.2 Å². The molecule has 122 heavy (non-hydrogen) atoms. The van der Waals surface area contributed by atoms with E-state index >= 15 is 0 Å². The number of benzene rings is 8. The van der Waals surface area contributed by atoms with Crippen molar-refractivity contribution in [1.29, 1.82) is 0 Å². The maximum Gasteiger partial charge on any atom is 0.549 e. The second-order valence-electron chi connectivity index (χ2n) is 31.8. The van der Waals surface area contributed by atoms with Gasteiger partial charge in [-0.3, -0.25) is 13.7 Å². The third-order valence-electron chi connectivity index (χ3n) is 21.1. The Hall–Kier alpha value is -10.6. The van der Waals surface area contributed by atoms with E-state index in [1.54, 1.807) is 25.1 Å². The molecule has 0 fully saturated rings. The van der Waals surface area contributed by atoms with Gasteiger partial charge in [0.15, 0.2) is 35.5 Å². The predicted octanol–water partition coefficient (Wildman–Crippen LogP) is 24.8. The number of carbonyl (C=O) groups excluding carboxylic acids is 1. The molecule has 0 aliphatic heterocycles. The van der Waals surface area contributed by atoms with Crippen molar-refractivity contribution in [3.63, 3.8) is 0 Å². The lowest BCUT2D eigenvalue weighted by atomic mass is 9.96. The van der Waals surface area contributed by atoms with Crippen LogP contribution in [0.2, 0.25) is 0 Å². The molecule has 0 aliphatic carbocycles. The van der Waals surface area contributed by atoms with Gasteiger partial charge in [0.25, 0.3) is 0 Å². The summed E-state index contributed by atoms with van der Waals surface area (Å²) in [6.07, 6.45) is 7.03. The van der Waals surface area contributed by atoms with E-state index < -0.39 is 21.2 Å². The number of carboxylic acid groups (broad SMARTS) is 2. The van der Waals surface area contributed by atoms with E-state index in [1.165, 1.54) is 104 Å². The number of ether oxygens (including phenoxy) is 3. The first-order valence-corrected chi connectivity index (χ1v) is 45.9. The molecule has 0 atom stereocenters. The molecule has 16 rings (SSSR count). The largest absolute Gasteiger partial charge is 0.549 e. The number of nitrogens with zero attached hydrogens (tertiary/aromatic N) is 4. The number of nitrogens with two attached hydrogens (primary N) is 1. The van der Waals surface area contributed by atoms with E-state index in [4.69, 9.17) is 52.4 Å². The fourth-order valence-corrected chi connectivity index (χ4v) is 21.3. The maximum absolute atomic E-state index is 10.8. The number of phenols is 1. The zero-order chi connectivity index (χ0) is 88.1. The molecule has 0 spiro atoms. The third kappa shape index (κ3) is 22.2. The Morgan fingerprint density at radius 2 is 0.689 bits per heavy atom. The first kappa shape index (κ1) is 92.1. The Bertz CT molecular complexity index is 6110. The van der Waals surface area contributed by atoms with E-state index in [0.29, 0.717) is 63.9 Å². The second-order valence-corrected chi connectivity index (χ2v) is 37.1. The number of aromatic hydroxyl groups is 1. The highest BCUT2D eigenvalue weighted by atomic mass is 79.9. The van der Waals surface area contributed by atoms with E-state index in [0.717, 1.165) is 129 Å². The minimum Gasteiger partial charge on any atom is -0.508 e. The number of carbonyl (C=O) groups is 3. The summed E-state index contributed by atoms with van der Waals surface area (Å²) < 4.78 is 59.4. The molecule has 0 saturated heterocycles. The van der Waals surface area contributed by atoms with Crippen LogP contribution in [0.1, 0.15) is 195 Å². The summed E-state index contributed by atoms with van der Waals surface area (Å²) in [6.45, 7) is 35.9. The summed E-state index contributed by atoms with van der Waals surface area (Å²) in [5, 5.41) is 54.4. The molecule has 8 aromatic heterocycles. The molecule has 8 heterocycles. The first-order chi connectivity index (χ1) is 58.3. The predicted molar refractivity (Wildman–Crippen MR) is 497 cm³/mol. The number of thiophene rings is 4. The topological polar surface area (TPSA) is 304 Å². The molecular formula is C96H104BrN5O15S4Si. The molecule has 638 valence electrons. The highest BCUT2D eigenvalue weighted by Crippen LogP contribution is 2.44. The van der Waals surface area contributed by atoms with Crippen LogP contribution in [0.3, 0.4) is 0 Å². The fourth-order valence-electron chi connectivity index (χ4n) is 15.3. The van der Waals surface area contributed by atoms with Gasteiger partial charge in [0.2, 0.25) is 0 Å². The minimum atomic E-state index is -1.42. The number of aryl methyl sites for hydroxylation is 16. The molecule has 0 unspecified atom stereocenters. The summed E-state index contributed by atoms with van der Waals surface area (Å²) in [5.74, 6) is 0.976. The summed E-state index contributed by atoms with van der Waals surface area (Å²) in [5.41, 5.74) is 27.9. The number of fused-ring (bicyclic) bond motifs is 8. The number of aliphatic carboxylic acids is 2. The van der Waals surface area contributed by atoms with Crippen molar-refractivity contribution in [2.24, 2.45) is 0 Å². The molecule has 0 radical (unpaired) electrons. The Morgan fingerprint density at radius 1 is 0.410 bits per heavy atom. The highest BCUT2D eigenvalue weighted by molar-refractivity contribution is 9.09. The summed E-state index contributed by atoms with van der Waals surface area (Å²) >= 11 is 10.5. The second kappa shape index (κ2) is 41.5. The maximum atomic E-state index is 10.8. The minimum absolute atomic E-state index is 0.206. The standard InChI is InChI=1S/2C24H25NO4S.C22H24N2OS.C22H23NO2S.C4H7BrO2.O2Si/c2*1-13(2)24-16-6-5-14(3)9-22(16)30-21(24)8-7-18-17-10-15(4)19(28-12-23(26)27)11-20(17)29-25-18;1-12(2)22-15-6-5-13(3)9-21(15)26-20(22)8-7-18-16-10-14(4)17(23)11-19(16)25-24-18;1-12(2)22-15-6-5-13(3)9-21(15)26-20(22)8-7-17-16-10-14(4)18(24)11-19(16)25-23-17;1-2-7-4(6)3-5;1-3-2/h2*5-6,9-11,13H,7-8,12H2,1-4H3,(H,26,27);5-6,9-12H,7-8,23H2,1-4H3;5-6,9-12,24H,7-8H2,1-4H3;2-3H2,1H3;. The molecule has 0 saturated carbocycles. The van der Waals surface area contributed by atoms with Crippen LogP contribution < -0.4 is 15.2 Å². The van der Waals surface area contributed by atoms with Crippen LogP contribution in [-0.4, -0.2) is 88.3 Å². The van der Waals surface area contributed by atoms with Gasteiger partial charge >= 0.3 is 27.2 Å². The van der Waals surface area contributed by atoms with Crippen molar-refractivity contribution < 1.29 is 70.9 Å². The summed E-state index contributed by atoms with van der Waals surface area (Å²) in [6, 6.07) is 41.9. The Labute approximate surface area is 735 Å². The number of carboxylic acids is 2. The number of nitrogen functional groups attached to an aromatic ring is 1. The Kier molecular flexibility index (Phi) is 31.3. The number of phenolic OH excluding ortho intramolecular Hbond substituents is 1. The van der Waals surface area contributed by atoms with Crippen LogP contribution in [0.5, 0.6) is 17.2 Å². The Morgan fingerprint density at radius 3 is 0.959 bits per heavy atom. The monoisotopic (exact) mass is 1800 g/mol. The molecule has 5 N–H and O–H groups in total. The molecule has 0 aliphatic rings. The normalized spacial score (nSPS) is 11.3. The molecule has 0 bridgehead atoms. The number of halogens is 1. The average molecular weight is 1800 g/mol. The Balaban J connectivity index is 0.000000153. The van der Waals surface area contributed by atoms with E-state index in [1.807, 2.05) is 97.3 Å². The van der Waals surface area contributed by atoms with Gasteiger partial charge in [-0.2, -0.15) is 0 Å². The number of alkyl halides is 1. The molecule has 8 aromatic carbocycles.